The van der Waals surface area contributed by atoms with Crippen molar-refractivity contribution in [2.24, 2.45) is 11.5 Å². The first-order chi connectivity index (χ1) is 9.06. The number of hydrogen-bond donors (Lipinski definition) is 2. The van der Waals surface area contributed by atoms with Crippen molar-refractivity contribution in [3.8, 4) is 0 Å². The highest BCUT2D eigenvalue weighted by Gasteiger charge is 2.24. The summed E-state index contributed by atoms with van der Waals surface area (Å²) in [5.74, 6) is -0.308. The molecule has 0 radical (unpaired) electrons. The molecule has 1 rings (SSSR count). The molecule has 0 heterocycles. The molecule has 4 nitrogen and oxygen atoms in total. The van der Waals surface area contributed by atoms with E-state index in [2.05, 4.69) is 11.8 Å². The van der Waals surface area contributed by atoms with Gasteiger partial charge in [0.2, 0.25) is 5.91 Å². The van der Waals surface area contributed by atoms with Crippen molar-refractivity contribution < 1.29 is 4.79 Å². The number of hydrogen-bond acceptors (Lipinski definition) is 3. The van der Waals surface area contributed by atoms with E-state index >= 15 is 0 Å². The van der Waals surface area contributed by atoms with Gasteiger partial charge in [0.15, 0.2) is 0 Å². The lowest BCUT2D eigenvalue weighted by molar-refractivity contribution is -0.119. The molecule has 19 heavy (non-hydrogen) atoms. The average Bonchev–Trinajstić information content (AvgIpc) is 2.36. The third-order valence-corrected chi connectivity index (χ3v) is 3.19. The molecule has 0 aromatic heterocycles. The molecular weight excluding hydrogens is 238 g/mol. The van der Waals surface area contributed by atoms with Crippen molar-refractivity contribution in [1.82, 2.24) is 4.90 Å². The molecule has 0 fully saturated rings. The molecular formula is C15H25N3O. The first kappa shape index (κ1) is 15.7. The second-order valence-electron chi connectivity index (χ2n) is 5.00. The molecule has 0 saturated carbocycles. The predicted octanol–water partition coefficient (Wildman–Crippen LogP) is 1.66. The maximum absolute atomic E-state index is 11.3. The van der Waals surface area contributed by atoms with Crippen LogP contribution >= 0.6 is 0 Å². The van der Waals surface area contributed by atoms with E-state index in [1.54, 1.807) is 0 Å². The Kier molecular flexibility index (Phi) is 6.53. The van der Waals surface area contributed by atoms with Gasteiger partial charge in [-0.05, 0) is 25.5 Å². The summed E-state index contributed by atoms with van der Waals surface area (Å²) >= 11 is 0. The Morgan fingerprint density at radius 2 is 1.95 bits per heavy atom. The van der Waals surface area contributed by atoms with E-state index in [0.29, 0.717) is 0 Å². The fourth-order valence-corrected chi connectivity index (χ4v) is 2.37. The van der Waals surface area contributed by atoms with Gasteiger partial charge >= 0.3 is 0 Å². The zero-order valence-corrected chi connectivity index (χ0v) is 11.9. The SMILES string of the molecule is CCCCN(CC(N)=O)C(c1ccccc1)C(C)N. The van der Waals surface area contributed by atoms with Crippen molar-refractivity contribution in [3.63, 3.8) is 0 Å². The molecule has 0 aliphatic carbocycles. The Hall–Kier alpha value is -1.39. The summed E-state index contributed by atoms with van der Waals surface area (Å²) in [5.41, 5.74) is 12.6. The molecule has 0 saturated heterocycles. The molecule has 1 aromatic carbocycles. The van der Waals surface area contributed by atoms with Crippen LogP contribution < -0.4 is 11.5 Å². The van der Waals surface area contributed by atoms with Crippen molar-refractivity contribution in [1.29, 1.82) is 0 Å². The number of carbonyl (C=O) groups excluding carboxylic acids is 1. The van der Waals surface area contributed by atoms with Crippen LogP contribution in [0, 0.1) is 0 Å². The predicted molar refractivity (Wildman–Crippen MR) is 78.5 cm³/mol. The van der Waals surface area contributed by atoms with Gasteiger partial charge in [-0.3, -0.25) is 9.69 Å². The molecule has 0 bridgehead atoms. The van der Waals surface area contributed by atoms with Gasteiger partial charge in [-0.2, -0.15) is 0 Å². The van der Waals surface area contributed by atoms with Crippen LogP contribution in [0.15, 0.2) is 30.3 Å². The third-order valence-electron chi connectivity index (χ3n) is 3.19. The molecule has 1 amide bonds. The molecule has 4 heteroatoms. The summed E-state index contributed by atoms with van der Waals surface area (Å²) in [6, 6.07) is 10.0. The van der Waals surface area contributed by atoms with E-state index in [-0.39, 0.29) is 24.5 Å². The van der Waals surface area contributed by atoms with Gasteiger partial charge in [0, 0.05) is 6.04 Å². The highest BCUT2D eigenvalue weighted by molar-refractivity contribution is 5.76. The molecule has 2 unspecified atom stereocenters. The molecule has 1 aromatic rings. The van der Waals surface area contributed by atoms with Gasteiger partial charge < -0.3 is 11.5 Å². The summed E-state index contributed by atoms with van der Waals surface area (Å²) in [7, 11) is 0. The minimum Gasteiger partial charge on any atom is -0.369 e. The summed E-state index contributed by atoms with van der Waals surface area (Å²) in [6.07, 6.45) is 2.11. The third kappa shape index (κ3) is 5.01. The number of benzene rings is 1. The number of amides is 1. The summed E-state index contributed by atoms with van der Waals surface area (Å²) in [6.45, 7) is 5.19. The molecule has 106 valence electrons. The van der Waals surface area contributed by atoms with Gasteiger partial charge in [0.1, 0.15) is 0 Å². The first-order valence-electron chi connectivity index (χ1n) is 6.89. The van der Waals surface area contributed by atoms with Gasteiger partial charge in [-0.25, -0.2) is 0 Å². The maximum atomic E-state index is 11.3. The highest BCUT2D eigenvalue weighted by atomic mass is 16.1. The Labute approximate surface area is 115 Å². The standard InChI is InChI=1S/C15H25N3O/c1-3-4-10-18(11-14(17)19)15(12(2)16)13-8-6-5-7-9-13/h5-9,12,15H,3-4,10-11,16H2,1-2H3,(H2,17,19). The van der Waals surface area contributed by atoms with Gasteiger partial charge in [-0.1, -0.05) is 43.7 Å². The fraction of sp³-hybridized carbons (Fsp3) is 0.533. The van der Waals surface area contributed by atoms with Crippen LogP contribution in [0.25, 0.3) is 0 Å². The normalized spacial score (nSPS) is 14.3. The van der Waals surface area contributed by atoms with Gasteiger partial charge in [0.25, 0.3) is 0 Å². The number of carbonyl (C=O) groups is 1. The van der Waals surface area contributed by atoms with Crippen LogP contribution in [0.4, 0.5) is 0 Å². The molecule has 4 N–H and O–H groups in total. The Balaban J connectivity index is 2.94. The maximum Gasteiger partial charge on any atom is 0.231 e. The minimum absolute atomic E-state index is 0.0280. The zero-order chi connectivity index (χ0) is 14.3. The summed E-state index contributed by atoms with van der Waals surface area (Å²) in [4.78, 5) is 13.4. The van der Waals surface area contributed by atoms with E-state index in [9.17, 15) is 4.79 Å². The van der Waals surface area contributed by atoms with Crippen LogP contribution in [0.5, 0.6) is 0 Å². The van der Waals surface area contributed by atoms with Crippen LogP contribution in [0.2, 0.25) is 0 Å². The number of nitrogens with two attached hydrogens (primary N) is 2. The van der Waals surface area contributed by atoms with Gasteiger partial charge in [0.05, 0.1) is 12.6 Å². The van der Waals surface area contributed by atoms with E-state index in [4.69, 9.17) is 11.5 Å². The van der Waals surface area contributed by atoms with Crippen molar-refractivity contribution in [3.05, 3.63) is 35.9 Å². The van der Waals surface area contributed by atoms with Crippen LogP contribution in [0.3, 0.4) is 0 Å². The number of primary amides is 1. The molecule has 0 aliphatic heterocycles. The topological polar surface area (TPSA) is 72.3 Å². The van der Waals surface area contributed by atoms with E-state index in [1.807, 2.05) is 37.3 Å². The summed E-state index contributed by atoms with van der Waals surface area (Å²) < 4.78 is 0. The summed E-state index contributed by atoms with van der Waals surface area (Å²) in [5, 5.41) is 0. The number of rotatable bonds is 8. The fourth-order valence-electron chi connectivity index (χ4n) is 2.37. The number of nitrogens with zero attached hydrogens (tertiary/aromatic N) is 1. The highest BCUT2D eigenvalue weighted by Crippen LogP contribution is 2.23. The number of unbranched alkanes of at least 4 members (excludes halogenated alkanes) is 1. The van der Waals surface area contributed by atoms with E-state index in [0.717, 1.165) is 24.9 Å². The molecule has 0 spiro atoms. The Bertz CT molecular complexity index is 378. The Morgan fingerprint density at radius 3 is 2.42 bits per heavy atom. The lowest BCUT2D eigenvalue weighted by Crippen LogP contribution is -2.44. The zero-order valence-electron chi connectivity index (χ0n) is 11.9. The molecule has 2 atom stereocenters. The average molecular weight is 263 g/mol. The lowest BCUT2D eigenvalue weighted by atomic mass is 9.98. The monoisotopic (exact) mass is 263 g/mol. The van der Waals surface area contributed by atoms with Crippen LogP contribution in [-0.2, 0) is 4.79 Å². The van der Waals surface area contributed by atoms with Crippen molar-refractivity contribution in [2.45, 2.75) is 38.8 Å². The quantitative estimate of drug-likeness (QED) is 0.749. The Morgan fingerprint density at radius 1 is 1.32 bits per heavy atom. The van der Waals surface area contributed by atoms with Crippen LogP contribution in [0.1, 0.15) is 38.3 Å². The minimum atomic E-state index is -0.308. The van der Waals surface area contributed by atoms with Crippen molar-refractivity contribution >= 4 is 5.91 Å². The smallest absolute Gasteiger partial charge is 0.231 e. The largest absolute Gasteiger partial charge is 0.369 e. The van der Waals surface area contributed by atoms with Gasteiger partial charge in [-0.15, -0.1) is 0 Å². The molecule has 0 aliphatic rings. The second kappa shape index (κ2) is 7.92. The van der Waals surface area contributed by atoms with Crippen molar-refractivity contribution in [2.75, 3.05) is 13.1 Å². The van der Waals surface area contributed by atoms with Crippen LogP contribution in [-0.4, -0.2) is 29.9 Å². The lowest BCUT2D eigenvalue weighted by Gasteiger charge is -2.33. The first-order valence-corrected chi connectivity index (χ1v) is 6.89. The second-order valence-corrected chi connectivity index (χ2v) is 5.00. The van der Waals surface area contributed by atoms with E-state index in [1.165, 1.54) is 0 Å². The van der Waals surface area contributed by atoms with E-state index < -0.39 is 0 Å².